The van der Waals surface area contributed by atoms with Gasteiger partial charge in [0.25, 0.3) is 5.91 Å². The minimum absolute atomic E-state index is 0.151. The first kappa shape index (κ1) is 21.5. The van der Waals surface area contributed by atoms with Gasteiger partial charge in [-0.2, -0.15) is 0 Å². The fourth-order valence-corrected chi connectivity index (χ4v) is 3.90. The minimum Gasteiger partial charge on any atom is -0.463 e. The number of oxime groups is 1. The van der Waals surface area contributed by atoms with Crippen molar-refractivity contribution < 1.29 is 19.2 Å². The summed E-state index contributed by atoms with van der Waals surface area (Å²) in [6.07, 6.45) is 2.18. The van der Waals surface area contributed by atoms with E-state index < -0.39 is 11.6 Å². The quantitative estimate of drug-likeness (QED) is 0.578. The second-order valence-corrected chi connectivity index (χ2v) is 7.87. The molecule has 0 spiro atoms. The molecule has 1 N–H and O–H groups in total. The molecule has 1 aliphatic rings. The Balaban J connectivity index is 1.47. The molecule has 32 heavy (non-hydrogen) atoms. The molecule has 0 bridgehead atoms. The highest BCUT2D eigenvalue weighted by atomic mass is 16.7. The number of rotatable bonds is 7. The van der Waals surface area contributed by atoms with E-state index in [4.69, 9.17) is 9.57 Å². The van der Waals surface area contributed by atoms with Gasteiger partial charge >= 0.3 is 5.97 Å². The van der Waals surface area contributed by atoms with E-state index in [1.807, 2.05) is 61.5 Å². The molecule has 1 unspecified atom stereocenters. The summed E-state index contributed by atoms with van der Waals surface area (Å²) in [5.74, 6) is -0.765. The molecule has 164 valence electrons. The summed E-state index contributed by atoms with van der Waals surface area (Å²) >= 11 is 0. The van der Waals surface area contributed by atoms with Crippen LogP contribution in [0.15, 0.2) is 65.9 Å². The van der Waals surface area contributed by atoms with Crippen molar-refractivity contribution in [1.29, 1.82) is 0 Å². The summed E-state index contributed by atoms with van der Waals surface area (Å²) in [5, 5.41) is 8.68. The third-order valence-corrected chi connectivity index (χ3v) is 5.40. The van der Waals surface area contributed by atoms with Gasteiger partial charge < -0.3 is 14.9 Å². The number of aryl methyl sites for hydroxylation is 1. The van der Waals surface area contributed by atoms with Crippen LogP contribution < -0.4 is 5.32 Å². The van der Waals surface area contributed by atoms with Crippen molar-refractivity contribution in [3.05, 3.63) is 77.6 Å². The maximum Gasteiger partial charge on any atom is 0.354 e. The Hall–Kier alpha value is -3.74. The largest absolute Gasteiger partial charge is 0.463 e. The first-order valence-corrected chi connectivity index (χ1v) is 10.6. The van der Waals surface area contributed by atoms with Crippen molar-refractivity contribution in [1.82, 2.24) is 10.3 Å². The first-order valence-electron chi connectivity index (χ1n) is 10.6. The molecule has 0 saturated carbocycles. The van der Waals surface area contributed by atoms with Crippen LogP contribution in [-0.2, 0) is 20.8 Å². The van der Waals surface area contributed by atoms with Gasteiger partial charge in [-0.25, -0.2) is 4.79 Å². The zero-order valence-electron chi connectivity index (χ0n) is 18.1. The molecule has 7 nitrogen and oxygen atoms in total. The molecule has 2 aromatic carbocycles. The first-order chi connectivity index (χ1) is 15.5. The number of benzene rings is 2. The van der Waals surface area contributed by atoms with Crippen molar-refractivity contribution in [3.8, 4) is 0 Å². The molecule has 3 aromatic rings. The van der Waals surface area contributed by atoms with Crippen molar-refractivity contribution >= 4 is 28.4 Å². The van der Waals surface area contributed by atoms with Crippen LogP contribution >= 0.6 is 0 Å². The van der Waals surface area contributed by atoms with Crippen molar-refractivity contribution in [3.63, 3.8) is 0 Å². The Labute approximate surface area is 186 Å². The second kappa shape index (κ2) is 9.18. The predicted molar refractivity (Wildman–Crippen MR) is 121 cm³/mol. The number of nitrogens with one attached hydrogen (secondary N) is 1. The van der Waals surface area contributed by atoms with Crippen LogP contribution in [0, 0.1) is 6.92 Å². The smallest absolute Gasteiger partial charge is 0.354 e. The molecule has 1 aromatic heterocycles. The van der Waals surface area contributed by atoms with Crippen LogP contribution in [0.2, 0.25) is 0 Å². The number of ether oxygens (including phenoxy) is 1. The molecular weight excluding hydrogens is 406 g/mol. The molecular formula is C25H25N3O4. The standard InChI is InChI=1S/C25H25N3O4/c1-3-31-24(30)25(14-18-8-6-7-17(2)13-18)15-20(28-32-25)16-27-23(29)22-21-10-5-4-9-19(21)11-12-26-22/h4-13H,3,14-16H2,1-2H3,(H,27,29). The summed E-state index contributed by atoms with van der Waals surface area (Å²) in [7, 11) is 0. The molecule has 1 atom stereocenters. The monoisotopic (exact) mass is 431 g/mol. The molecule has 1 amide bonds. The van der Waals surface area contributed by atoms with E-state index in [0.29, 0.717) is 17.8 Å². The summed E-state index contributed by atoms with van der Waals surface area (Å²) in [6, 6.07) is 17.3. The summed E-state index contributed by atoms with van der Waals surface area (Å²) < 4.78 is 5.29. The Morgan fingerprint density at radius 3 is 2.81 bits per heavy atom. The number of fused-ring (bicyclic) bond motifs is 1. The molecule has 0 aliphatic carbocycles. The van der Waals surface area contributed by atoms with Gasteiger partial charge in [0, 0.05) is 24.4 Å². The maximum absolute atomic E-state index is 12.8. The Bertz CT molecular complexity index is 1190. The lowest BCUT2D eigenvalue weighted by molar-refractivity contribution is -0.168. The molecule has 0 radical (unpaired) electrons. The van der Waals surface area contributed by atoms with E-state index >= 15 is 0 Å². The van der Waals surface area contributed by atoms with Crippen LogP contribution in [0.5, 0.6) is 0 Å². The third-order valence-electron chi connectivity index (χ3n) is 5.40. The van der Waals surface area contributed by atoms with Crippen LogP contribution in [0.1, 0.15) is 35.0 Å². The van der Waals surface area contributed by atoms with E-state index in [-0.39, 0.29) is 25.5 Å². The van der Waals surface area contributed by atoms with Crippen molar-refractivity contribution in [2.75, 3.05) is 13.2 Å². The lowest BCUT2D eigenvalue weighted by Crippen LogP contribution is -2.43. The van der Waals surface area contributed by atoms with Gasteiger partial charge in [0.15, 0.2) is 0 Å². The number of nitrogens with zero attached hydrogens (tertiary/aromatic N) is 2. The summed E-state index contributed by atoms with van der Waals surface area (Å²) in [4.78, 5) is 35.5. The highest BCUT2D eigenvalue weighted by Gasteiger charge is 2.48. The van der Waals surface area contributed by atoms with E-state index in [2.05, 4.69) is 15.5 Å². The molecule has 0 fully saturated rings. The van der Waals surface area contributed by atoms with Gasteiger partial charge in [-0.05, 0) is 30.9 Å². The van der Waals surface area contributed by atoms with E-state index in [1.165, 1.54) is 0 Å². The third kappa shape index (κ3) is 4.46. The van der Waals surface area contributed by atoms with E-state index in [9.17, 15) is 9.59 Å². The van der Waals surface area contributed by atoms with Gasteiger partial charge in [-0.1, -0.05) is 59.3 Å². The van der Waals surface area contributed by atoms with Gasteiger partial charge in [-0.15, -0.1) is 0 Å². The zero-order chi connectivity index (χ0) is 22.6. The Morgan fingerprint density at radius 1 is 1.16 bits per heavy atom. The molecule has 2 heterocycles. The van der Waals surface area contributed by atoms with Gasteiger partial charge in [0.2, 0.25) is 5.60 Å². The molecule has 7 heteroatoms. The lowest BCUT2D eigenvalue weighted by Gasteiger charge is -2.24. The van der Waals surface area contributed by atoms with Gasteiger partial charge in [-0.3, -0.25) is 9.78 Å². The average Bonchev–Trinajstić information content (AvgIpc) is 3.21. The zero-order valence-corrected chi connectivity index (χ0v) is 18.1. The molecule has 1 aliphatic heterocycles. The average molecular weight is 431 g/mol. The van der Waals surface area contributed by atoms with Crippen LogP contribution in [0.3, 0.4) is 0 Å². The van der Waals surface area contributed by atoms with Crippen molar-refractivity contribution in [2.24, 2.45) is 5.16 Å². The van der Waals surface area contributed by atoms with E-state index in [0.717, 1.165) is 21.9 Å². The van der Waals surface area contributed by atoms with Crippen molar-refractivity contribution in [2.45, 2.75) is 32.3 Å². The predicted octanol–water partition coefficient (Wildman–Crippen LogP) is 3.59. The summed E-state index contributed by atoms with van der Waals surface area (Å²) in [5.41, 5.74) is 1.73. The number of carbonyl (C=O) groups is 2. The van der Waals surface area contributed by atoms with Crippen LogP contribution in [0.25, 0.3) is 10.8 Å². The second-order valence-electron chi connectivity index (χ2n) is 7.87. The highest BCUT2D eigenvalue weighted by Crippen LogP contribution is 2.30. The SMILES string of the molecule is CCOC(=O)C1(Cc2cccc(C)c2)CC(CNC(=O)c2nccc3ccccc23)=NO1. The number of hydrogen-bond donors (Lipinski definition) is 1. The maximum atomic E-state index is 12.8. The minimum atomic E-state index is -1.23. The Morgan fingerprint density at radius 2 is 2.00 bits per heavy atom. The number of carbonyl (C=O) groups excluding carboxylic acids is 2. The normalized spacial score (nSPS) is 17.5. The number of esters is 1. The van der Waals surface area contributed by atoms with Gasteiger partial charge in [0.05, 0.1) is 18.9 Å². The van der Waals surface area contributed by atoms with Crippen LogP contribution in [0.4, 0.5) is 0 Å². The number of pyridine rings is 1. The number of amides is 1. The number of aromatic nitrogens is 1. The molecule has 0 saturated heterocycles. The fraction of sp³-hybridized carbons (Fsp3) is 0.280. The topological polar surface area (TPSA) is 89.9 Å². The van der Waals surface area contributed by atoms with Gasteiger partial charge in [0.1, 0.15) is 5.69 Å². The van der Waals surface area contributed by atoms with E-state index in [1.54, 1.807) is 13.1 Å². The molecule has 4 rings (SSSR count). The highest BCUT2D eigenvalue weighted by molar-refractivity contribution is 6.06. The van der Waals surface area contributed by atoms with Crippen LogP contribution in [-0.4, -0.2) is 41.3 Å². The fourth-order valence-electron chi connectivity index (χ4n) is 3.90. The number of hydrogen-bond acceptors (Lipinski definition) is 6. The lowest BCUT2D eigenvalue weighted by atomic mass is 9.89. The Kier molecular flexibility index (Phi) is 6.16. The summed E-state index contributed by atoms with van der Waals surface area (Å²) in [6.45, 7) is 4.15.